The van der Waals surface area contributed by atoms with Gasteiger partial charge in [-0.25, -0.2) is 0 Å². The number of piperazine rings is 1. The predicted octanol–water partition coefficient (Wildman–Crippen LogP) is 3.37. The Morgan fingerprint density at radius 1 is 0.588 bits per heavy atom. The van der Waals surface area contributed by atoms with Crippen molar-refractivity contribution in [2.24, 2.45) is 0 Å². The minimum Gasteiger partial charge on any atom is -0.301 e. The molecule has 0 atom stereocenters. The zero-order chi connectivity index (χ0) is 12.3. The molecular formula is C15H32N2. The van der Waals surface area contributed by atoms with E-state index in [1.54, 1.807) is 0 Å². The van der Waals surface area contributed by atoms with E-state index in [1.165, 1.54) is 84.2 Å². The molecule has 0 saturated carbocycles. The number of nitrogens with zero attached hydrogens (tertiary/aromatic N) is 2. The third-order valence-electron chi connectivity index (χ3n) is 3.87. The maximum atomic E-state index is 2.66. The molecule has 0 bridgehead atoms. The topological polar surface area (TPSA) is 6.48 Å². The Morgan fingerprint density at radius 2 is 1.06 bits per heavy atom. The molecule has 1 fully saturated rings. The zero-order valence-corrected chi connectivity index (χ0v) is 12.1. The third kappa shape index (κ3) is 7.05. The first-order chi connectivity index (χ1) is 8.36. The van der Waals surface area contributed by atoms with Crippen molar-refractivity contribution in [1.82, 2.24) is 9.80 Å². The smallest absolute Gasteiger partial charge is 0.0110 e. The molecule has 1 rings (SSSR count). The van der Waals surface area contributed by atoms with Crippen LogP contribution in [0.4, 0.5) is 0 Å². The molecule has 1 saturated heterocycles. The van der Waals surface area contributed by atoms with Gasteiger partial charge >= 0.3 is 0 Å². The van der Waals surface area contributed by atoms with E-state index in [1.807, 2.05) is 0 Å². The normalized spacial score (nSPS) is 18.7. The van der Waals surface area contributed by atoms with Gasteiger partial charge < -0.3 is 9.80 Å². The highest BCUT2D eigenvalue weighted by molar-refractivity contribution is 4.71. The van der Waals surface area contributed by atoms with Crippen molar-refractivity contribution in [3.8, 4) is 0 Å². The molecule has 0 N–H and O–H groups in total. The van der Waals surface area contributed by atoms with Gasteiger partial charge in [0.15, 0.2) is 0 Å². The average Bonchev–Trinajstić information content (AvgIpc) is 2.37. The third-order valence-corrected chi connectivity index (χ3v) is 3.87. The van der Waals surface area contributed by atoms with Crippen LogP contribution in [0.25, 0.3) is 0 Å². The van der Waals surface area contributed by atoms with Gasteiger partial charge in [0.05, 0.1) is 0 Å². The van der Waals surface area contributed by atoms with Crippen LogP contribution >= 0.6 is 0 Å². The minimum atomic E-state index is 1.30. The van der Waals surface area contributed by atoms with E-state index in [2.05, 4.69) is 23.6 Å². The van der Waals surface area contributed by atoms with Gasteiger partial charge in [0.2, 0.25) is 0 Å². The molecule has 0 radical (unpaired) electrons. The van der Waals surface area contributed by atoms with E-state index in [0.29, 0.717) is 0 Å². The monoisotopic (exact) mass is 240 g/mol. The van der Waals surface area contributed by atoms with Gasteiger partial charge in [-0.05, 0) is 25.9 Å². The van der Waals surface area contributed by atoms with Crippen molar-refractivity contribution >= 4 is 0 Å². The summed E-state index contributed by atoms with van der Waals surface area (Å²) < 4.78 is 0. The molecule has 0 aromatic rings. The van der Waals surface area contributed by atoms with E-state index in [-0.39, 0.29) is 0 Å². The molecule has 2 nitrogen and oxygen atoms in total. The first kappa shape index (κ1) is 15.0. The van der Waals surface area contributed by atoms with E-state index < -0.39 is 0 Å². The SMILES string of the molecule is CCCCCCCN1CCN(CCCC)CC1. The van der Waals surface area contributed by atoms with Crippen molar-refractivity contribution in [3.63, 3.8) is 0 Å². The largest absolute Gasteiger partial charge is 0.301 e. The molecular weight excluding hydrogens is 208 g/mol. The summed E-state index contributed by atoms with van der Waals surface area (Å²) in [4.78, 5) is 5.30. The summed E-state index contributed by atoms with van der Waals surface area (Å²) in [5, 5.41) is 0. The molecule has 0 aromatic carbocycles. The predicted molar refractivity (Wildman–Crippen MR) is 76.5 cm³/mol. The van der Waals surface area contributed by atoms with E-state index in [4.69, 9.17) is 0 Å². The summed E-state index contributed by atoms with van der Waals surface area (Å²) in [5.74, 6) is 0. The van der Waals surface area contributed by atoms with Crippen LogP contribution in [0.3, 0.4) is 0 Å². The first-order valence-corrected chi connectivity index (χ1v) is 7.81. The Balaban J connectivity index is 1.95. The first-order valence-electron chi connectivity index (χ1n) is 7.81. The second-order valence-corrected chi connectivity index (χ2v) is 5.45. The Labute approximate surface area is 108 Å². The summed E-state index contributed by atoms with van der Waals surface area (Å²) in [7, 11) is 0. The van der Waals surface area contributed by atoms with Crippen LogP contribution in [0.2, 0.25) is 0 Å². The van der Waals surface area contributed by atoms with Gasteiger partial charge in [-0.1, -0.05) is 46.0 Å². The highest BCUT2D eigenvalue weighted by Crippen LogP contribution is 2.07. The van der Waals surface area contributed by atoms with Crippen molar-refractivity contribution in [2.75, 3.05) is 39.3 Å². The lowest BCUT2D eigenvalue weighted by Gasteiger charge is -2.34. The van der Waals surface area contributed by atoms with E-state index in [0.717, 1.165) is 0 Å². The fourth-order valence-electron chi connectivity index (χ4n) is 2.56. The minimum absolute atomic E-state index is 1.30. The second-order valence-electron chi connectivity index (χ2n) is 5.45. The van der Waals surface area contributed by atoms with Crippen LogP contribution in [-0.4, -0.2) is 49.1 Å². The number of rotatable bonds is 9. The molecule has 2 heteroatoms. The van der Waals surface area contributed by atoms with Crippen LogP contribution in [0.5, 0.6) is 0 Å². The number of hydrogen-bond acceptors (Lipinski definition) is 2. The lowest BCUT2D eigenvalue weighted by Crippen LogP contribution is -2.46. The van der Waals surface area contributed by atoms with Gasteiger partial charge in [0.1, 0.15) is 0 Å². The van der Waals surface area contributed by atoms with Crippen LogP contribution in [0.15, 0.2) is 0 Å². The zero-order valence-electron chi connectivity index (χ0n) is 12.1. The Hall–Kier alpha value is -0.0800. The Bertz CT molecular complexity index is 160. The molecule has 0 unspecified atom stereocenters. The lowest BCUT2D eigenvalue weighted by atomic mass is 10.1. The maximum absolute atomic E-state index is 2.66. The van der Waals surface area contributed by atoms with E-state index in [9.17, 15) is 0 Å². The molecule has 102 valence electrons. The Kier molecular flexibility index (Phi) is 8.72. The Morgan fingerprint density at radius 3 is 1.59 bits per heavy atom. The number of unbranched alkanes of at least 4 members (excludes halogenated alkanes) is 5. The maximum Gasteiger partial charge on any atom is 0.0110 e. The van der Waals surface area contributed by atoms with Gasteiger partial charge in [-0.15, -0.1) is 0 Å². The van der Waals surface area contributed by atoms with Gasteiger partial charge in [0, 0.05) is 26.2 Å². The standard InChI is InChI=1S/C15H32N2/c1-3-5-7-8-9-11-17-14-12-16(13-15-17)10-6-4-2/h3-15H2,1-2H3. The molecule has 0 amide bonds. The van der Waals surface area contributed by atoms with Crippen LogP contribution in [-0.2, 0) is 0 Å². The van der Waals surface area contributed by atoms with Gasteiger partial charge in [-0.3, -0.25) is 0 Å². The molecule has 1 aliphatic rings. The van der Waals surface area contributed by atoms with Crippen LogP contribution in [0.1, 0.15) is 58.8 Å². The fraction of sp³-hybridized carbons (Fsp3) is 1.00. The van der Waals surface area contributed by atoms with Crippen molar-refractivity contribution in [2.45, 2.75) is 58.8 Å². The molecule has 0 aliphatic carbocycles. The summed E-state index contributed by atoms with van der Waals surface area (Å²) in [6.45, 7) is 12.4. The summed E-state index contributed by atoms with van der Waals surface area (Å²) in [5.41, 5.74) is 0. The van der Waals surface area contributed by atoms with Crippen LogP contribution in [0, 0.1) is 0 Å². The van der Waals surface area contributed by atoms with Crippen molar-refractivity contribution in [1.29, 1.82) is 0 Å². The average molecular weight is 240 g/mol. The molecule has 1 aliphatic heterocycles. The highest BCUT2D eigenvalue weighted by Gasteiger charge is 2.15. The van der Waals surface area contributed by atoms with Crippen LogP contribution < -0.4 is 0 Å². The summed E-state index contributed by atoms with van der Waals surface area (Å²) in [6.07, 6.45) is 9.77. The van der Waals surface area contributed by atoms with Gasteiger partial charge in [-0.2, -0.15) is 0 Å². The summed E-state index contributed by atoms with van der Waals surface area (Å²) >= 11 is 0. The molecule has 0 spiro atoms. The molecule has 17 heavy (non-hydrogen) atoms. The van der Waals surface area contributed by atoms with Gasteiger partial charge in [0.25, 0.3) is 0 Å². The van der Waals surface area contributed by atoms with E-state index >= 15 is 0 Å². The number of hydrogen-bond donors (Lipinski definition) is 0. The molecule has 0 aromatic heterocycles. The molecule has 1 heterocycles. The fourth-order valence-corrected chi connectivity index (χ4v) is 2.56. The summed E-state index contributed by atoms with van der Waals surface area (Å²) in [6, 6.07) is 0. The second kappa shape index (κ2) is 9.90. The van der Waals surface area contributed by atoms with Crippen molar-refractivity contribution in [3.05, 3.63) is 0 Å². The van der Waals surface area contributed by atoms with Crippen molar-refractivity contribution < 1.29 is 0 Å². The highest BCUT2D eigenvalue weighted by atomic mass is 15.3. The quantitative estimate of drug-likeness (QED) is 0.570. The lowest BCUT2D eigenvalue weighted by molar-refractivity contribution is 0.129.